The van der Waals surface area contributed by atoms with E-state index in [1.165, 1.54) is 0 Å². The summed E-state index contributed by atoms with van der Waals surface area (Å²) in [6.45, 7) is 10.3. The maximum Gasteiger partial charge on any atom is 0.272 e. The molecule has 1 heterocycles. The van der Waals surface area contributed by atoms with Crippen LogP contribution in [0, 0.1) is 5.41 Å². The van der Waals surface area contributed by atoms with Crippen molar-refractivity contribution in [2.45, 2.75) is 53.0 Å². The van der Waals surface area contributed by atoms with E-state index in [4.69, 9.17) is 5.11 Å². The minimum Gasteiger partial charge on any atom is -0.396 e. The molecule has 1 rings (SSSR count). The number of rotatable bonds is 5. The van der Waals surface area contributed by atoms with Crippen LogP contribution in [0.25, 0.3) is 0 Å². The molecule has 0 spiro atoms. The first-order valence-corrected chi connectivity index (χ1v) is 6.72. The molecule has 0 radical (unpaired) electrons. The number of carbonyl (C=O) groups is 1. The summed E-state index contributed by atoms with van der Waals surface area (Å²) in [5.41, 5.74) is 1.24. The fourth-order valence-corrected chi connectivity index (χ4v) is 1.83. The van der Waals surface area contributed by atoms with Crippen molar-refractivity contribution in [3.05, 3.63) is 17.5 Å². The Balaban J connectivity index is 2.76. The van der Waals surface area contributed by atoms with Crippen LogP contribution in [0.3, 0.4) is 0 Å². The average molecular weight is 267 g/mol. The number of aromatic nitrogens is 2. The van der Waals surface area contributed by atoms with Gasteiger partial charge >= 0.3 is 0 Å². The number of hydrogen-bond acceptors (Lipinski definition) is 3. The summed E-state index contributed by atoms with van der Waals surface area (Å²) in [5.74, 6) is 0.112. The van der Waals surface area contributed by atoms with Crippen molar-refractivity contribution in [3.63, 3.8) is 0 Å². The summed E-state index contributed by atoms with van der Waals surface area (Å²) in [5, 5.41) is 18.9. The Morgan fingerprint density at radius 2 is 2.11 bits per heavy atom. The molecule has 0 saturated carbocycles. The lowest BCUT2D eigenvalue weighted by atomic mass is 9.85. The van der Waals surface area contributed by atoms with Crippen LogP contribution in [-0.4, -0.2) is 33.9 Å². The molecule has 108 valence electrons. The second-order valence-corrected chi connectivity index (χ2v) is 6.27. The van der Waals surface area contributed by atoms with E-state index in [2.05, 4.69) is 15.5 Å². The van der Waals surface area contributed by atoms with Crippen LogP contribution in [0.5, 0.6) is 0 Å². The molecule has 0 aliphatic rings. The van der Waals surface area contributed by atoms with Crippen LogP contribution in [0.15, 0.2) is 6.07 Å². The van der Waals surface area contributed by atoms with Gasteiger partial charge in [0.25, 0.3) is 5.91 Å². The van der Waals surface area contributed by atoms with Crippen molar-refractivity contribution in [1.82, 2.24) is 15.5 Å². The van der Waals surface area contributed by atoms with Gasteiger partial charge in [0, 0.05) is 18.3 Å². The molecule has 0 aliphatic heterocycles. The lowest BCUT2D eigenvalue weighted by molar-refractivity contribution is 0.0880. The molecule has 3 N–H and O–H groups in total. The minimum absolute atomic E-state index is 0.0556. The number of aliphatic hydroxyl groups is 1. The molecule has 1 unspecified atom stereocenters. The predicted molar refractivity (Wildman–Crippen MR) is 75.1 cm³/mol. The Morgan fingerprint density at radius 1 is 1.47 bits per heavy atom. The zero-order valence-electron chi connectivity index (χ0n) is 12.4. The molecule has 19 heavy (non-hydrogen) atoms. The first-order chi connectivity index (χ1) is 8.75. The number of H-pyrrole nitrogens is 1. The Bertz CT molecular complexity index is 419. The number of amides is 1. The van der Waals surface area contributed by atoms with Crippen molar-refractivity contribution >= 4 is 5.91 Å². The van der Waals surface area contributed by atoms with E-state index < -0.39 is 0 Å². The first kappa shape index (κ1) is 15.7. The van der Waals surface area contributed by atoms with Crippen LogP contribution < -0.4 is 5.32 Å². The van der Waals surface area contributed by atoms with E-state index in [1.54, 1.807) is 6.07 Å². The van der Waals surface area contributed by atoms with Gasteiger partial charge in [-0.15, -0.1) is 0 Å². The lowest BCUT2D eigenvalue weighted by Crippen LogP contribution is -2.44. The monoisotopic (exact) mass is 267 g/mol. The second-order valence-electron chi connectivity index (χ2n) is 6.27. The van der Waals surface area contributed by atoms with Crippen molar-refractivity contribution in [2.75, 3.05) is 6.61 Å². The normalized spacial score (nSPS) is 13.6. The van der Waals surface area contributed by atoms with Gasteiger partial charge in [-0.05, 0) is 23.8 Å². The Morgan fingerprint density at radius 3 is 2.53 bits per heavy atom. The number of aliphatic hydroxyl groups excluding tert-OH is 1. The van der Waals surface area contributed by atoms with Gasteiger partial charge < -0.3 is 10.4 Å². The maximum atomic E-state index is 12.1. The summed E-state index contributed by atoms with van der Waals surface area (Å²) < 4.78 is 0. The van der Waals surface area contributed by atoms with Gasteiger partial charge in [-0.3, -0.25) is 9.89 Å². The second kappa shape index (κ2) is 6.19. The molecule has 5 heteroatoms. The Hall–Kier alpha value is -1.36. The smallest absolute Gasteiger partial charge is 0.272 e. The summed E-state index contributed by atoms with van der Waals surface area (Å²) in [7, 11) is 0. The van der Waals surface area contributed by atoms with Crippen molar-refractivity contribution in [3.8, 4) is 0 Å². The molecule has 0 aliphatic carbocycles. The van der Waals surface area contributed by atoms with Gasteiger partial charge in [0.2, 0.25) is 0 Å². The van der Waals surface area contributed by atoms with E-state index in [9.17, 15) is 4.79 Å². The molecule has 5 nitrogen and oxygen atoms in total. The van der Waals surface area contributed by atoms with Crippen molar-refractivity contribution < 1.29 is 9.90 Å². The van der Waals surface area contributed by atoms with Crippen LogP contribution in [0.1, 0.15) is 63.1 Å². The van der Waals surface area contributed by atoms with Crippen molar-refractivity contribution in [2.24, 2.45) is 5.41 Å². The first-order valence-electron chi connectivity index (χ1n) is 6.72. The molecule has 1 amide bonds. The third-order valence-corrected chi connectivity index (χ3v) is 3.22. The highest BCUT2D eigenvalue weighted by Gasteiger charge is 2.26. The molecular formula is C14H25N3O2. The van der Waals surface area contributed by atoms with Crippen molar-refractivity contribution in [1.29, 1.82) is 0 Å². The van der Waals surface area contributed by atoms with E-state index in [0.717, 1.165) is 5.69 Å². The fraction of sp³-hybridized carbons (Fsp3) is 0.714. The topological polar surface area (TPSA) is 78.0 Å². The number of nitrogens with zero attached hydrogens (tertiary/aromatic N) is 1. The summed E-state index contributed by atoms with van der Waals surface area (Å²) in [6.07, 6.45) is 0.538. The Labute approximate surface area is 114 Å². The van der Waals surface area contributed by atoms with Gasteiger partial charge in [-0.25, -0.2) is 0 Å². The van der Waals surface area contributed by atoms with Crippen LogP contribution in [0.2, 0.25) is 0 Å². The molecular weight excluding hydrogens is 242 g/mol. The van der Waals surface area contributed by atoms with Gasteiger partial charge in [0.15, 0.2) is 0 Å². The largest absolute Gasteiger partial charge is 0.396 e. The molecule has 0 fully saturated rings. The zero-order chi connectivity index (χ0) is 14.6. The van der Waals surface area contributed by atoms with Crippen LogP contribution in [0.4, 0.5) is 0 Å². The number of carbonyl (C=O) groups excluding carboxylic acids is 1. The van der Waals surface area contributed by atoms with E-state index in [1.807, 2.05) is 34.6 Å². The van der Waals surface area contributed by atoms with Gasteiger partial charge in [0.1, 0.15) is 5.69 Å². The van der Waals surface area contributed by atoms with E-state index in [-0.39, 0.29) is 24.0 Å². The van der Waals surface area contributed by atoms with E-state index in [0.29, 0.717) is 18.0 Å². The summed E-state index contributed by atoms with van der Waals surface area (Å²) >= 11 is 0. The third-order valence-electron chi connectivity index (χ3n) is 3.22. The molecule has 1 atom stereocenters. The zero-order valence-corrected chi connectivity index (χ0v) is 12.4. The lowest BCUT2D eigenvalue weighted by Gasteiger charge is -2.30. The van der Waals surface area contributed by atoms with Crippen LogP contribution >= 0.6 is 0 Å². The Kier molecular flexibility index (Phi) is 5.11. The highest BCUT2D eigenvalue weighted by Crippen LogP contribution is 2.22. The van der Waals surface area contributed by atoms with Crippen LogP contribution in [-0.2, 0) is 0 Å². The number of aromatic amines is 1. The maximum absolute atomic E-state index is 12.1. The quantitative estimate of drug-likeness (QED) is 0.764. The number of nitrogens with one attached hydrogen (secondary N) is 2. The highest BCUT2D eigenvalue weighted by molar-refractivity contribution is 5.92. The summed E-state index contributed by atoms with van der Waals surface area (Å²) in [4.78, 5) is 12.1. The molecule has 0 bridgehead atoms. The number of hydrogen-bond donors (Lipinski definition) is 3. The minimum atomic E-state index is -0.198. The molecule has 1 aromatic rings. The molecule has 0 saturated heterocycles. The third kappa shape index (κ3) is 4.35. The summed E-state index contributed by atoms with van der Waals surface area (Å²) in [6, 6.07) is 1.70. The van der Waals surface area contributed by atoms with Gasteiger partial charge in [-0.1, -0.05) is 34.6 Å². The SMILES string of the molecule is CC(C)c1cc(C(=O)NC(CCO)C(C)(C)C)n[nH]1. The van der Waals surface area contributed by atoms with Gasteiger partial charge in [-0.2, -0.15) is 5.10 Å². The standard InChI is InChI=1S/C14H25N3O2/c1-9(2)10-8-11(17-16-10)13(19)15-12(6-7-18)14(3,4)5/h8-9,12,18H,6-7H2,1-5H3,(H,15,19)(H,16,17). The fourth-order valence-electron chi connectivity index (χ4n) is 1.83. The molecule has 0 aromatic carbocycles. The van der Waals surface area contributed by atoms with Gasteiger partial charge in [0.05, 0.1) is 0 Å². The molecule has 1 aromatic heterocycles. The van der Waals surface area contributed by atoms with E-state index >= 15 is 0 Å². The average Bonchev–Trinajstić information content (AvgIpc) is 2.76. The predicted octanol–water partition coefficient (Wildman–Crippen LogP) is 2.06. The highest BCUT2D eigenvalue weighted by atomic mass is 16.3.